The summed E-state index contributed by atoms with van der Waals surface area (Å²) in [4.78, 5) is 0. The Balaban J connectivity index is 2.04. The van der Waals surface area contributed by atoms with Gasteiger partial charge in [0.05, 0.1) is 24.9 Å². The van der Waals surface area contributed by atoms with E-state index < -0.39 is 0 Å². The molecule has 11 heavy (non-hydrogen) atoms. The number of aliphatic hydroxyl groups is 1. The zero-order valence-corrected chi connectivity index (χ0v) is 7.30. The van der Waals surface area contributed by atoms with E-state index in [1.54, 1.807) is 0 Å². The largest absolute Gasteiger partial charge is 0.389 e. The molecule has 2 heterocycles. The molecule has 2 saturated heterocycles. The van der Waals surface area contributed by atoms with Gasteiger partial charge in [-0.1, -0.05) is 0 Å². The van der Waals surface area contributed by atoms with E-state index in [2.05, 4.69) is 11.6 Å². The van der Waals surface area contributed by atoms with Crippen molar-refractivity contribution in [2.45, 2.75) is 23.5 Å². The Hall–Kier alpha value is 0.230. The molecule has 0 aromatic carbocycles. The highest BCUT2D eigenvalue weighted by Crippen LogP contribution is 2.28. The van der Waals surface area contributed by atoms with Crippen molar-refractivity contribution in [1.29, 1.82) is 0 Å². The van der Waals surface area contributed by atoms with Crippen LogP contribution in [-0.4, -0.2) is 48.0 Å². The number of hydrogen-bond donors (Lipinski definition) is 2. The molecule has 0 amide bonds. The van der Waals surface area contributed by atoms with E-state index >= 15 is 0 Å². The minimum absolute atomic E-state index is 0.187. The van der Waals surface area contributed by atoms with Gasteiger partial charge in [0.25, 0.3) is 0 Å². The first kappa shape index (κ1) is 7.86. The monoisotopic (exact) mass is 175 g/mol. The van der Waals surface area contributed by atoms with Crippen molar-refractivity contribution in [3.63, 3.8) is 0 Å². The molecule has 0 aromatic rings. The Kier molecular flexibility index (Phi) is 2.10. The third-order valence-corrected chi connectivity index (χ3v) is 3.49. The molecule has 4 heteroatoms. The van der Waals surface area contributed by atoms with Crippen LogP contribution in [0, 0.1) is 0 Å². The van der Waals surface area contributed by atoms with Crippen LogP contribution in [0.3, 0.4) is 0 Å². The molecule has 3 nitrogen and oxygen atoms in total. The fraction of sp³-hybridized carbons (Fsp3) is 1.00. The second kappa shape index (κ2) is 2.94. The van der Waals surface area contributed by atoms with Crippen LogP contribution in [0.4, 0.5) is 0 Å². The zero-order chi connectivity index (χ0) is 7.84. The van der Waals surface area contributed by atoms with Crippen LogP contribution in [0.25, 0.3) is 0 Å². The van der Waals surface area contributed by atoms with Crippen molar-refractivity contribution in [2.75, 3.05) is 19.4 Å². The van der Waals surface area contributed by atoms with Crippen LogP contribution in [0.1, 0.15) is 0 Å². The first-order valence-electron chi connectivity index (χ1n) is 3.89. The predicted octanol–water partition coefficient (Wildman–Crippen LogP) is -0.551. The molecule has 0 bridgehead atoms. The molecule has 64 valence electrons. The number of nitrogens with one attached hydrogen (secondary N) is 1. The highest BCUT2D eigenvalue weighted by molar-refractivity contribution is 7.99. The van der Waals surface area contributed by atoms with Gasteiger partial charge in [0, 0.05) is 11.8 Å². The zero-order valence-electron chi connectivity index (χ0n) is 6.49. The van der Waals surface area contributed by atoms with E-state index in [4.69, 9.17) is 4.74 Å². The van der Waals surface area contributed by atoms with Crippen LogP contribution in [-0.2, 0) is 4.74 Å². The van der Waals surface area contributed by atoms with Gasteiger partial charge in [-0.05, 0) is 6.26 Å². The molecular weight excluding hydrogens is 162 g/mol. The van der Waals surface area contributed by atoms with Crippen LogP contribution in [0.2, 0.25) is 0 Å². The number of ether oxygens (including phenoxy) is 1. The van der Waals surface area contributed by atoms with Gasteiger partial charge in [0.2, 0.25) is 0 Å². The molecule has 2 aliphatic rings. The maximum atomic E-state index is 9.42. The Morgan fingerprint density at radius 1 is 1.64 bits per heavy atom. The standard InChI is InChI=1S/C7H13NO2S/c1-11-5-2-8-6-4(9)3-10-7(5)6/h4-9H,2-3H2,1H3. The highest BCUT2D eigenvalue weighted by Gasteiger charge is 2.45. The van der Waals surface area contributed by atoms with Crippen molar-refractivity contribution in [2.24, 2.45) is 0 Å². The maximum absolute atomic E-state index is 9.42. The molecule has 0 spiro atoms. The molecule has 2 aliphatic heterocycles. The summed E-state index contributed by atoms with van der Waals surface area (Å²) in [7, 11) is 0. The van der Waals surface area contributed by atoms with E-state index in [0.717, 1.165) is 6.54 Å². The van der Waals surface area contributed by atoms with Crippen LogP contribution in [0.5, 0.6) is 0 Å². The summed E-state index contributed by atoms with van der Waals surface area (Å²) >= 11 is 1.81. The van der Waals surface area contributed by atoms with E-state index in [9.17, 15) is 5.11 Å². The summed E-state index contributed by atoms with van der Waals surface area (Å²) in [6.07, 6.45) is 2.03. The number of fused-ring (bicyclic) bond motifs is 1. The van der Waals surface area contributed by atoms with Gasteiger partial charge in [-0.15, -0.1) is 0 Å². The predicted molar refractivity (Wildman–Crippen MR) is 44.8 cm³/mol. The average Bonchev–Trinajstić information content (AvgIpc) is 2.53. The SMILES string of the molecule is CSC1CNC2C(O)COC12. The number of hydrogen-bond acceptors (Lipinski definition) is 4. The minimum atomic E-state index is -0.294. The first-order valence-corrected chi connectivity index (χ1v) is 5.17. The smallest absolute Gasteiger partial charge is 0.0952 e. The molecule has 2 N–H and O–H groups in total. The molecule has 0 aromatic heterocycles. The van der Waals surface area contributed by atoms with E-state index in [1.807, 2.05) is 11.8 Å². The highest BCUT2D eigenvalue weighted by atomic mass is 32.2. The fourth-order valence-corrected chi connectivity index (χ4v) is 2.59. The first-order chi connectivity index (χ1) is 5.33. The fourth-order valence-electron chi connectivity index (χ4n) is 1.81. The van der Waals surface area contributed by atoms with Gasteiger partial charge in [-0.3, -0.25) is 0 Å². The second-order valence-electron chi connectivity index (χ2n) is 3.07. The minimum Gasteiger partial charge on any atom is -0.389 e. The van der Waals surface area contributed by atoms with Gasteiger partial charge < -0.3 is 15.2 Å². The van der Waals surface area contributed by atoms with Gasteiger partial charge in [-0.25, -0.2) is 0 Å². The summed E-state index contributed by atoms with van der Waals surface area (Å²) < 4.78 is 5.46. The van der Waals surface area contributed by atoms with Gasteiger partial charge >= 0.3 is 0 Å². The third kappa shape index (κ3) is 1.18. The average molecular weight is 175 g/mol. The third-order valence-electron chi connectivity index (χ3n) is 2.45. The summed E-state index contributed by atoms with van der Waals surface area (Å²) in [6, 6.07) is 0.187. The molecule has 4 atom stereocenters. The normalized spacial score (nSPS) is 49.6. The lowest BCUT2D eigenvalue weighted by Gasteiger charge is -2.13. The topological polar surface area (TPSA) is 41.5 Å². The van der Waals surface area contributed by atoms with Gasteiger partial charge in [0.1, 0.15) is 0 Å². The second-order valence-corrected chi connectivity index (χ2v) is 4.15. The quantitative estimate of drug-likeness (QED) is 0.561. The van der Waals surface area contributed by atoms with E-state index in [0.29, 0.717) is 11.9 Å². The van der Waals surface area contributed by atoms with Crippen LogP contribution in [0.15, 0.2) is 0 Å². The van der Waals surface area contributed by atoms with Crippen LogP contribution >= 0.6 is 11.8 Å². The number of aliphatic hydroxyl groups excluding tert-OH is 1. The Labute approximate surface area is 70.5 Å². The molecule has 0 radical (unpaired) electrons. The van der Waals surface area contributed by atoms with Gasteiger partial charge in [-0.2, -0.15) is 11.8 Å². The number of thioether (sulfide) groups is 1. The Bertz CT molecular complexity index is 155. The summed E-state index contributed by atoms with van der Waals surface area (Å²) in [6.45, 7) is 1.47. The summed E-state index contributed by atoms with van der Waals surface area (Å²) in [5.74, 6) is 0. The van der Waals surface area contributed by atoms with Crippen LogP contribution < -0.4 is 5.32 Å². The van der Waals surface area contributed by atoms with E-state index in [-0.39, 0.29) is 18.2 Å². The van der Waals surface area contributed by atoms with Crippen molar-refractivity contribution < 1.29 is 9.84 Å². The molecule has 4 unspecified atom stereocenters. The Morgan fingerprint density at radius 3 is 3.18 bits per heavy atom. The van der Waals surface area contributed by atoms with Crippen molar-refractivity contribution in [3.05, 3.63) is 0 Å². The lowest BCUT2D eigenvalue weighted by Crippen LogP contribution is -2.36. The van der Waals surface area contributed by atoms with Gasteiger partial charge in [0.15, 0.2) is 0 Å². The molecule has 0 saturated carbocycles. The molecule has 0 aliphatic carbocycles. The van der Waals surface area contributed by atoms with Crippen molar-refractivity contribution in [3.8, 4) is 0 Å². The number of rotatable bonds is 1. The lowest BCUT2D eigenvalue weighted by atomic mass is 10.1. The molecule has 2 fully saturated rings. The summed E-state index contributed by atoms with van der Waals surface area (Å²) in [5.41, 5.74) is 0. The Morgan fingerprint density at radius 2 is 2.45 bits per heavy atom. The molecule has 2 rings (SSSR count). The van der Waals surface area contributed by atoms with E-state index in [1.165, 1.54) is 0 Å². The lowest BCUT2D eigenvalue weighted by molar-refractivity contribution is 0.0898. The van der Waals surface area contributed by atoms with Crippen molar-refractivity contribution in [1.82, 2.24) is 5.32 Å². The van der Waals surface area contributed by atoms with Crippen molar-refractivity contribution >= 4 is 11.8 Å². The maximum Gasteiger partial charge on any atom is 0.0952 e. The summed E-state index contributed by atoms with van der Waals surface area (Å²) in [5, 5.41) is 13.2. The molecular formula is C7H13NO2S.